The minimum absolute atomic E-state index is 0.0509. The molecule has 0 aliphatic carbocycles. The zero-order valence-electron chi connectivity index (χ0n) is 9.98. The normalized spacial score (nSPS) is 12.4. The smallest absolute Gasteiger partial charge is 0.261 e. The third-order valence-corrected chi connectivity index (χ3v) is 5.25. The van der Waals surface area contributed by atoms with Crippen molar-refractivity contribution in [1.82, 2.24) is 4.72 Å². The maximum Gasteiger partial charge on any atom is 0.261 e. The fraction of sp³-hybridized carbons (Fsp3) is 0.0909. The van der Waals surface area contributed by atoms with E-state index in [4.69, 9.17) is 15.1 Å². The highest BCUT2D eigenvalue weighted by Gasteiger charge is 2.16. The van der Waals surface area contributed by atoms with Gasteiger partial charge in [-0.15, -0.1) is 0 Å². The number of sulfonamides is 1. The lowest BCUT2D eigenvalue weighted by atomic mass is 10.4. The molecule has 0 saturated carbocycles. The Labute approximate surface area is 120 Å². The Morgan fingerprint density at radius 2 is 1.60 bits per heavy atom. The van der Waals surface area contributed by atoms with Gasteiger partial charge >= 0.3 is 0 Å². The van der Waals surface area contributed by atoms with Crippen molar-refractivity contribution in [2.24, 2.45) is 0 Å². The second-order valence-corrected chi connectivity index (χ2v) is 8.20. The molecule has 1 heterocycles. The van der Waals surface area contributed by atoms with E-state index in [-0.39, 0.29) is 16.3 Å². The first-order valence-electron chi connectivity index (χ1n) is 5.34. The number of benzene rings is 1. The van der Waals surface area contributed by atoms with Crippen molar-refractivity contribution in [3.05, 3.63) is 48.4 Å². The number of hydrogen-bond donors (Lipinski definition) is 1. The maximum atomic E-state index is 12.0. The maximum absolute atomic E-state index is 12.0. The fourth-order valence-corrected chi connectivity index (χ4v) is 3.22. The predicted octanol–water partition coefficient (Wildman–Crippen LogP) is 1.69. The van der Waals surface area contributed by atoms with E-state index in [1.54, 1.807) is 6.07 Å². The van der Waals surface area contributed by atoms with Gasteiger partial charge in [-0.25, -0.2) is 21.6 Å². The van der Waals surface area contributed by atoms with Crippen LogP contribution in [0.2, 0.25) is 0 Å². The number of furan rings is 1. The van der Waals surface area contributed by atoms with E-state index in [0.717, 1.165) is 12.1 Å². The average molecular weight is 336 g/mol. The number of rotatable bonds is 5. The molecule has 0 fully saturated rings. The van der Waals surface area contributed by atoms with Crippen LogP contribution in [0.15, 0.2) is 57.1 Å². The molecule has 0 aliphatic heterocycles. The van der Waals surface area contributed by atoms with Crippen molar-refractivity contribution in [2.75, 3.05) is 0 Å². The lowest BCUT2D eigenvalue weighted by Crippen LogP contribution is -2.23. The Kier molecular flexibility index (Phi) is 4.19. The number of hydrogen-bond acceptors (Lipinski definition) is 5. The summed E-state index contributed by atoms with van der Waals surface area (Å²) >= 11 is 0. The van der Waals surface area contributed by atoms with E-state index < -0.39 is 19.1 Å². The van der Waals surface area contributed by atoms with Crippen molar-refractivity contribution in [3.63, 3.8) is 0 Å². The topological polar surface area (TPSA) is 93.5 Å². The largest absolute Gasteiger partial charge is 0.472 e. The van der Waals surface area contributed by atoms with Crippen molar-refractivity contribution in [2.45, 2.75) is 16.3 Å². The summed E-state index contributed by atoms with van der Waals surface area (Å²) in [6, 6.07) is 6.25. The second kappa shape index (κ2) is 5.57. The first-order valence-corrected chi connectivity index (χ1v) is 9.14. The van der Waals surface area contributed by atoms with Gasteiger partial charge in [-0.05, 0) is 30.3 Å². The van der Waals surface area contributed by atoms with E-state index in [1.807, 2.05) is 0 Å². The van der Waals surface area contributed by atoms with Gasteiger partial charge in [-0.1, -0.05) is 0 Å². The molecule has 0 saturated heterocycles. The molecule has 2 aromatic rings. The molecule has 0 atom stereocenters. The predicted molar refractivity (Wildman–Crippen MR) is 72.2 cm³/mol. The third kappa shape index (κ3) is 3.60. The van der Waals surface area contributed by atoms with Crippen molar-refractivity contribution >= 4 is 29.8 Å². The zero-order chi connectivity index (χ0) is 14.8. The first-order chi connectivity index (χ1) is 9.29. The van der Waals surface area contributed by atoms with Crippen LogP contribution < -0.4 is 4.72 Å². The zero-order valence-corrected chi connectivity index (χ0v) is 12.4. The summed E-state index contributed by atoms with van der Waals surface area (Å²) in [7, 11) is -2.45. The minimum atomic E-state index is -3.87. The van der Waals surface area contributed by atoms with Gasteiger partial charge in [0, 0.05) is 22.8 Å². The molecule has 9 heteroatoms. The van der Waals surface area contributed by atoms with Crippen LogP contribution in [0.5, 0.6) is 0 Å². The van der Waals surface area contributed by atoms with E-state index in [9.17, 15) is 16.8 Å². The number of halogens is 1. The van der Waals surface area contributed by atoms with Crippen molar-refractivity contribution < 1.29 is 21.3 Å². The molecule has 0 amide bonds. The van der Waals surface area contributed by atoms with Gasteiger partial charge in [-0.3, -0.25) is 0 Å². The van der Waals surface area contributed by atoms with Crippen LogP contribution in [0, 0.1) is 0 Å². The van der Waals surface area contributed by atoms with E-state index in [2.05, 4.69) is 4.72 Å². The summed E-state index contributed by atoms with van der Waals surface area (Å²) in [5.74, 6) is 0. The third-order valence-electron chi connectivity index (χ3n) is 2.46. The Balaban J connectivity index is 2.17. The highest BCUT2D eigenvalue weighted by atomic mass is 35.7. The summed E-state index contributed by atoms with van der Waals surface area (Å²) in [6.07, 6.45) is 2.86. The summed E-state index contributed by atoms with van der Waals surface area (Å²) in [5, 5.41) is 0. The fourth-order valence-electron chi connectivity index (χ4n) is 1.44. The molecule has 0 spiro atoms. The van der Waals surface area contributed by atoms with Crippen molar-refractivity contribution in [1.29, 1.82) is 0 Å². The Morgan fingerprint density at radius 3 is 2.10 bits per heavy atom. The molecular formula is C11H10ClNO5S2. The SMILES string of the molecule is O=S(=O)(Cl)c1ccc(S(=O)(=O)NCc2ccoc2)cc1. The molecule has 108 valence electrons. The number of nitrogens with one attached hydrogen (secondary N) is 1. The minimum Gasteiger partial charge on any atom is -0.472 e. The van der Waals surface area contributed by atoms with Gasteiger partial charge in [0.1, 0.15) is 0 Å². The molecule has 1 aromatic heterocycles. The van der Waals surface area contributed by atoms with Crippen LogP contribution in [0.25, 0.3) is 0 Å². The van der Waals surface area contributed by atoms with Crippen molar-refractivity contribution in [3.8, 4) is 0 Å². The van der Waals surface area contributed by atoms with Crippen LogP contribution in [0.1, 0.15) is 5.56 Å². The van der Waals surface area contributed by atoms with Gasteiger partial charge in [0.05, 0.1) is 22.3 Å². The standard InChI is InChI=1S/C11H10ClNO5S2/c12-19(14,15)10-1-3-11(4-2-10)20(16,17)13-7-9-5-6-18-8-9/h1-6,8,13H,7H2. The Hall–Kier alpha value is -1.35. The van der Waals surface area contributed by atoms with Gasteiger partial charge < -0.3 is 4.42 Å². The summed E-state index contributed by atoms with van der Waals surface area (Å²) in [5.41, 5.74) is 0.675. The van der Waals surface area contributed by atoms with Gasteiger partial charge in [0.2, 0.25) is 10.0 Å². The molecule has 6 nitrogen and oxygen atoms in total. The molecule has 0 bridgehead atoms. The molecular weight excluding hydrogens is 326 g/mol. The Bertz CT molecular complexity index is 780. The summed E-state index contributed by atoms with van der Waals surface area (Å²) < 4.78 is 53.2. The highest BCUT2D eigenvalue weighted by molar-refractivity contribution is 8.13. The second-order valence-electron chi connectivity index (χ2n) is 3.87. The Morgan fingerprint density at radius 1 is 1.00 bits per heavy atom. The van der Waals surface area contributed by atoms with Crippen LogP contribution in [-0.2, 0) is 25.6 Å². The molecule has 0 radical (unpaired) electrons. The lowest BCUT2D eigenvalue weighted by molar-refractivity contribution is 0.561. The molecule has 0 aliphatic rings. The van der Waals surface area contributed by atoms with E-state index >= 15 is 0 Å². The molecule has 1 N–H and O–H groups in total. The van der Waals surface area contributed by atoms with Gasteiger partial charge in [0.15, 0.2) is 0 Å². The summed E-state index contributed by atoms with van der Waals surface area (Å²) in [4.78, 5) is -0.210. The molecule has 1 aromatic carbocycles. The van der Waals surface area contributed by atoms with Crippen LogP contribution in [0.3, 0.4) is 0 Å². The molecule has 2 rings (SSSR count). The molecule has 20 heavy (non-hydrogen) atoms. The van der Waals surface area contributed by atoms with E-state index in [1.165, 1.54) is 24.7 Å². The van der Waals surface area contributed by atoms with Crippen LogP contribution in [-0.4, -0.2) is 16.8 Å². The summed E-state index contributed by atoms with van der Waals surface area (Å²) in [6.45, 7) is 0.0778. The average Bonchev–Trinajstić information content (AvgIpc) is 2.89. The lowest BCUT2D eigenvalue weighted by Gasteiger charge is -2.06. The molecule has 0 unspecified atom stereocenters. The van der Waals surface area contributed by atoms with Gasteiger partial charge in [0.25, 0.3) is 9.05 Å². The monoisotopic (exact) mass is 335 g/mol. The van der Waals surface area contributed by atoms with Crippen LogP contribution in [0.4, 0.5) is 0 Å². The van der Waals surface area contributed by atoms with Gasteiger partial charge in [-0.2, -0.15) is 0 Å². The van der Waals surface area contributed by atoms with Crippen LogP contribution >= 0.6 is 10.7 Å². The first kappa shape index (κ1) is 15.0. The quantitative estimate of drug-likeness (QED) is 0.839. The van der Waals surface area contributed by atoms with E-state index in [0.29, 0.717) is 5.56 Å². The highest BCUT2D eigenvalue weighted by Crippen LogP contribution is 2.17.